The highest BCUT2D eigenvalue weighted by Gasteiger charge is 2.36. The molecule has 2 amide bonds. The summed E-state index contributed by atoms with van der Waals surface area (Å²) in [5.41, 5.74) is 5.49. The zero-order valence-electron chi connectivity index (χ0n) is 12.9. The number of likely N-dealkylation sites (tertiary alicyclic amines) is 1. The van der Waals surface area contributed by atoms with Gasteiger partial charge in [-0.25, -0.2) is 4.79 Å². The Labute approximate surface area is 134 Å². The Kier molecular flexibility index (Phi) is 5.20. The van der Waals surface area contributed by atoms with E-state index in [1.54, 1.807) is 12.1 Å². The molecule has 7 heteroatoms. The molecule has 0 aliphatic carbocycles. The minimum Gasteiger partial charge on any atom is -0.484 e. The molecular weight excluding hydrogens is 300 g/mol. The molecule has 1 aliphatic rings. The number of nitrogens with two attached hydrogens (primary N) is 1. The number of ether oxygens (including phenoxy) is 1. The molecule has 0 spiro atoms. The molecule has 3 N–H and O–H groups in total. The highest BCUT2D eigenvalue weighted by Crippen LogP contribution is 2.24. The largest absolute Gasteiger partial charge is 0.484 e. The van der Waals surface area contributed by atoms with E-state index in [4.69, 9.17) is 10.5 Å². The van der Waals surface area contributed by atoms with Crippen LogP contribution in [0.1, 0.15) is 30.1 Å². The van der Waals surface area contributed by atoms with E-state index >= 15 is 0 Å². The van der Waals surface area contributed by atoms with Crippen LogP contribution in [0.4, 0.5) is 0 Å². The third kappa shape index (κ3) is 4.00. The molecule has 0 bridgehead atoms. The monoisotopic (exact) mass is 320 g/mol. The summed E-state index contributed by atoms with van der Waals surface area (Å²) in [4.78, 5) is 36.0. The van der Waals surface area contributed by atoms with E-state index in [0.717, 1.165) is 12.8 Å². The van der Waals surface area contributed by atoms with Crippen LogP contribution in [0.3, 0.4) is 0 Å². The zero-order valence-corrected chi connectivity index (χ0v) is 12.9. The van der Waals surface area contributed by atoms with Crippen molar-refractivity contribution >= 4 is 17.8 Å². The Morgan fingerprint density at radius 3 is 2.52 bits per heavy atom. The SMILES string of the molecule is CC1CCCN(C(=O)COc2ccc(C(N)=O)cc2)C1C(=O)O. The number of carboxylic acids is 1. The first-order valence-electron chi connectivity index (χ1n) is 7.45. The van der Waals surface area contributed by atoms with Crippen LogP contribution in [0.5, 0.6) is 5.75 Å². The van der Waals surface area contributed by atoms with Crippen molar-refractivity contribution in [2.24, 2.45) is 11.7 Å². The van der Waals surface area contributed by atoms with Crippen LogP contribution in [-0.4, -0.2) is 47.0 Å². The molecule has 0 saturated carbocycles. The molecule has 7 nitrogen and oxygen atoms in total. The van der Waals surface area contributed by atoms with E-state index < -0.39 is 17.9 Å². The van der Waals surface area contributed by atoms with Crippen molar-refractivity contribution in [2.45, 2.75) is 25.8 Å². The van der Waals surface area contributed by atoms with Gasteiger partial charge in [0.2, 0.25) is 5.91 Å². The highest BCUT2D eigenvalue weighted by atomic mass is 16.5. The number of benzene rings is 1. The van der Waals surface area contributed by atoms with E-state index in [1.165, 1.54) is 17.0 Å². The average molecular weight is 320 g/mol. The summed E-state index contributed by atoms with van der Waals surface area (Å²) in [6.07, 6.45) is 1.57. The van der Waals surface area contributed by atoms with Crippen LogP contribution < -0.4 is 10.5 Å². The Hall–Kier alpha value is -2.57. The van der Waals surface area contributed by atoms with Crippen molar-refractivity contribution in [1.29, 1.82) is 0 Å². The van der Waals surface area contributed by atoms with Crippen LogP contribution in [-0.2, 0) is 9.59 Å². The summed E-state index contributed by atoms with van der Waals surface area (Å²) in [5.74, 6) is -1.56. The molecule has 0 radical (unpaired) electrons. The van der Waals surface area contributed by atoms with Gasteiger partial charge >= 0.3 is 5.97 Å². The van der Waals surface area contributed by atoms with Gasteiger partial charge in [-0.2, -0.15) is 0 Å². The van der Waals surface area contributed by atoms with Crippen molar-refractivity contribution < 1.29 is 24.2 Å². The highest BCUT2D eigenvalue weighted by molar-refractivity contribution is 5.92. The van der Waals surface area contributed by atoms with E-state index in [2.05, 4.69) is 0 Å². The van der Waals surface area contributed by atoms with Crippen LogP contribution >= 0.6 is 0 Å². The quantitative estimate of drug-likeness (QED) is 0.836. The average Bonchev–Trinajstić information content (AvgIpc) is 2.52. The van der Waals surface area contributed by atoms with Gasteiger partial charge in [0.15, 0.2) is 6.61 Å². The van der Waals surface area contributed by atoms with Gasteiger partial charge in [0.1, 0.15) is 11.8 Å². The maximum atomic E-state index is 12.3. The Morgan fingerprint density at radius 1 is 1.30 bits per heavy atom. The molecule has 1 heterocycles. The number of primary amides is 1. The van der Waals surface area contributed by atoms with Crippen LogP contribution in [0.15, 0.2) is 24.3 Å². The molecule has 124 valence electrons. The molecule has 2 rings (SSSR count). The molecule has 1 saturated heterocycles. The number of amides is 2. The minimum atomic E-state index is -0.989. The standard InChI is InChI=1S/C16H20N2O5/c1-10-3-2-8-18(14(10)16(21)22)13(19)9-23-12-6-4-11(5-7-12)15(17)20/h4-7,10,14H,2-3,8-9H2,1H3,(H2,17,20)(H,21,22). The number of hydrogen-bond donors (Lipinski definition) is 2. The third-order valence-electron chi connectivity index (χ3n) is 4.01. The number of aliphatic carboxylic acids is 1. The summed E-state index contributed by atoms with van der Waals surface area (Å²) in [6, 6.07) is 5.29. The number of carbonyl (C=O) groups is 3. The third-order valence-corrected chi connectivity index (χ3v) is 4.01. The van der Waals surface area contributed by atoms with Crippen LogP contribution in [0, 0.1) is 5.92 Å². The van der Waals surface area contributed by atoms with E-state index in [-0.39, 0.29) is 18.4 Å². The van der Waals surface area contributed by atoms with Crippen molar-refractivity contribution in [3.05, 3.63) is 29.8 Å². The molecule has 1 aromatic carbocycles. The maximum absolute atomic E-state index is 12.3. The zero-order chi connectivity index (χ0) is 17.0. The first-order chi connectivity index (χ1) is 10.9. The second-order valence-corrected chi connectivity index (χ2v) is 5.67. The fourth-order valence-electron chi connectivity index (χ4n) is 2.79. The fraction of sp³-hybridized carbons (Fsp3) is 0.438. The number of hydrogen-bond acceptors (Lipinski definition) is 4. The molecule has 1 aliphatic heterocycles. The smallest absolute Gasteiger partial charge is 0.326 e. The Bertz CT molecular complexity index is 599. The Balaban J connectivity index is 1.98. The first kappa shape index (κ1) is 16.8. The van der Waals surface area contributed by atoms with Crippen molar-refractivity contribution in [3.63, 3.8) is 0 Å². The van der Waals surface area contributed by atoms with Gasteiger partial charge < -0.3 is 20.5 Å². The topological polar surface area (TPSA) is 110 Å². The van der Waals surface area contributed by atoms with Crippen molar-refractivity contribution in [3.8, 4) is 5.75 Å². The molecule has 2 unspecified atom stereocenters. The molecule has 0 aromatic heterocycles. The lowest BCUT2D eigenvalue weighted by Crippen LogP contribution is -2.53. The number of carboxylic acid groups (broad SMARTS) is 1. The number of piperidine rings is 1. The number of carbonyl (C=O) groups excluding carboxylic acids is 2. The molecule has 2 atom stereocenters. The summed E-state index contributed by atoms with van der Waals surface area (Å²) in [5, 5.41) is 9.32. The molecule has 1 aromatic rings. The van der Waals surface area contributed by atoms with Crippen LogP contribution in [0.25, 0.3) is 0 Å². The lowest BCUT2D eigenvalue weighted by atomic mass is 9.91. The Morgan fingerprint density at radius 2 is 1.96 bits per heavy atom. The van der Waals surface area contributed by atoms with E-state index in [0.29, 0.717) is 17.9 Å². The predicted molar refractivity (Wildman–Crippen MR) is 82.0 cm³/mol. The van der Waals surface area contributed by atoms with Crippen molar-refractivity contribution in [1.82, 2.24) is 4.90 Å². The first-order valence-corrected chi connectivity index (χ1v) is 7.45. The lowest BCUT2D eigenvalue weighted by Gasteiger charge is -2.37. The second kappa shape index (κ2) is 7.13. The molecular formula is C16H20N2O5. The summed E-state index contributed by atoms with van der Waals surface area (Å²) >= 11 is 0. The molecule has 23 heavy (non-hydrogen) atoms. The second-order valence-electron chi connectivity index (χ2n) is 5.67. The van der Waals surface area contributed by atoms with Gasteiger partial charge in [-0.15, -0.1) is 0 Å². The van der Waals surface area contributed by atoms with Gasteiger partial charge in [0.25, 0.3) is 5.91 Å². The number of rotatable bonds is 5. The fourth-order valence-corrected chi connectivity index (χ4v) is 2.79. The maximum Gasteiger partial charge on any atom is 0.326 e. The van der Waals surface area contributed by atoms with Gasteiger partial charge in [-0.05, 0) is 43.0 Å². The van der Waals surface area contributed by atoms with E-state index in [1.807, 2.05) is 6.92 Å². The van der Waals surface area contributed by atoms with Gasteiger partial charge in [-0.1, -0.05) is 6.92 Å². The molecule has 1 fully saturated rings. The lowest BCUT2D eigenvalue weighted by molar-refractivity contribution is -0.155. The normalized spacial score (nSPS) is 20.8. The van der Waals surface area contributed by atoms with Gasteiger partial charge in [0.05, 0.1) is 0 Å². The van der Waals surface area contributed by atoms with Gasteiger partial charge in [-0.3, -0.25) is 9.59 Å². The summed E-state index contributed by atoms with van der Waals surface area (Å²) in [7, 11) is 0. The van der Waals surface area contributed by atoms with Crippen molar-refractivity contribution in [2.75, 3.05) is 13.2 Å². The minimum absolute atomic E-state index is 0.0833. The predicted octanol–water partition coefficient (Wildman–Crippen LogP) is 0.876. The van der Waals surface area contributed by atoms with Gasteiger partial charge in [0, 0.05) is 12.1 Å². The van der Waals surface area contributed by atoms with Crippen LogP contribution in [0.2, 0.25) is 0 Å². The van der Waals surface area contributed by atoms with E-state index in [9.17, 15) is 19.5 Å². The number of nitrogens with zero attached hydrogens (tertiary/aromatic N) is 1. The summed E-state index contributed by atoms with van der Waals surface area (Å²) in [6.45, 7) is 2.01. The summed E-state index contributed by atoms with van der Waals surface area (Å²) < 4.78 is 5.38.